The van der Waals surface area contributed by atoms with Gasteiger partial charge in [0.05, 0.1) is 55.5 Å². The lowest BCUT2D eigenvalue weighted by atomic mass is 10.2. The van der Waals surface area contributed by atoms with Crippen LogP contribution in [0.2, 0.25) is 0 Å². The second-order valence-electron chi connectivity index (χ2n) is 6.57. The van der Waals surface area contributed by atoms with Gasteiger partial charge in [-0.1, -0.05) is 6.07 Å². The highest BCUT2D eigenvalue weighted by Gasteiger charge is 2.13. The number of aryl methyl sites for hydroxylation is 1. The molecule has 164 valence electrons. The Hall–Kier alpha value is -3.89. The quantitative estimate of drug-likeness (QED) is 0.367. The molecule has 2 heterocycles. The summed E-state index contributed by atoms with van der Waals surface area (Å²) in [5, 5.41) is 21.5. The Morgan fingerprint density at radius 1 is 1.16 bits per heavy atom. The van der Waals surface area contributed by atoms with Gasteiger partial charge in [0.25, 0.3) is 0 Å². The molecule has 1 aromatic carbocycles. The second kappa shape index (κ2) is 10.2. The maximum atomic E-state index is 12.2. The van der Waals surface area contributed by atoms with Gasteiger partial charge >= 0.3 is 5.82 Å². The van der Waals surface area contributed by atoms with Gasteiger partial charge < -0.3 is 24.9 Å². The van der Waals surface area contributed by atoms with Crippen molar-refractivity contribution in [2.24, 2.45) is 0 Å². The number of hydrogen-bond acceptors (Lipinski definition) is 7. The third kappa shape index (κ3) is 6.04. The number of carbonyl (C=O) groups is 1. The molecule has 0 aliphatic carbocycles. The lowest BCUT2D eigenvalue weighted by molar-refractivity contribution is -0.389. The molecule has 11 nitrogen and oxygen atoms in total. The van der Waals surface area contributed by atoms with Crippen LogP contribution in [0.25, 0.3) is 0 Å². The molecular formula is C20H24N6O5. The van der Waals surface area contributed by atoms with Gasteiger partial charge in [0.15, 0.2) is 11.5 Å². The molecule has 31 heavy (non-hydrogen) atoms. The molecule has 3 rings (SSSR count). The van der Waals surface area contributed by atoms with Crippen LogP contribution in [0.5, 0.6) is 11.5 Å². The van der Waals surface area contributed by atoms with Crippen molar-refractivity contribution in [3.8, 4) is 11.5 Å². The van der Waals surface area contributed by atoms with Crippen LogP contribution in [0.15, 0.2) is 42.9 Å². The summed E-state index contributed by atoms with van der Waals surface area (Å²) in [5.74, 6) is 0.895. The summed E-state index contributed by atoms with van der Waals surface area (Å²) >= 11 is 0. The average Bonchev–Trinajstić information content (AvgIpc) is 3.38. The largest absolute Gasteiger partial charge is 0.490 e. The minimum absolute atomic E-state index is 0.126. The van der Waals surface area contributed by atoms with Crippen molar-refractivity contribution < 1.29 is 19.2 Å². The van der Waals surface area contributed by atoms with E-state index < -0.39 is 4.92 Å². The number of nitrogens with one attached hydrogen (secondary N) is 1. The molecule has 2 aromatic heterocycles. The molecule has 0 saturated heterocycles. The summed E-state index contributed by atoms with van der Waals surface area (Å²) in [7, 11) is 0. The number of benzene rings is 1. The summed E-state index contributed by atoms with van der Waals surface area (Å²) in [6.45, 7) is 5.66. The molecule has 0 aliphatic rings. The van der Waals surface area contributed by atoms with Crippen LogP contribution in [-0.4, -0.2) is 43.6 Å². The van der Waals surface area contributed by atoms with E-state index in [-0.39, 0.29) is 24.7 Å². The zero-order chi connectivity index (χ0) is 22.2. The molecular weight excluding hydrogens is 404 g/mol. The van der Waals surface area contributed by atoms with E-state index in [9.17, 15) is 14.9 Å². The van der Waals surface area contributed by atoms with Crippen LogP contribution in [-0.2, 0) is 17.9 Å². The fourth-order valence-corrected chi connectivity index (χ4v) is 2.91. The molecule has 0 saturated carbocycles. The van der Waals surface area contributed by atoms with Crippen LogP contribution in [0.1, 0.15) is 25.8 Å². The number of nitro groups is 1. The van der Waals surface area contributed by atoms with Crippen LogP contribution < -0.4 is 14.8 Å². The minimum atomic E-state index is -0.577. The van der Waals surface area contributed by atoms with Crippen LogP contribution in [0, 0.1) is 10.1 Å². The zero-order valence-corrected chi connectivity index (χ0v) is 17.4. The molecule has 1 N–H and O–H groups in total. The Balaban J connectivity index is 1.55. The lowest BCUT2D eigenvalue weighted by Crippen LogP contribution is -2.14. The second-order valence-corrected chi connectivity index (χ2v) is 6.57. The Morgan fingerprint density at radius 3 is 2.65 bits per heavy atom. The monoisotopic (exact) mass is 428 g/mol. The highest BCUT2D eigenvalue weighted by atomic mass is 16.6. The van der Waals surface area contributed by atoms with Crippen molar-refractivity contribution in [3.63, 3.8) is 0 Å². The first-order valence-electron chi connectivity index (χ1n) is 9.87. The SMILES string of the molecule is CCOc1ccc(Cn2cc(NC(=O)CCn3ccc([N+](=O)[O-])n3)cn2)cc1OCC. The van der Waals surface area contributed by atoms with Gasteiger partial charge in [0.1, 0.15) is 0 Å². The zero-order valence-electron chi connectivity index (χ0n) is 17.4. The summed E-state index contributed by atoms with van der Waals surface area (Å²) in [5.41, 5.74) is 1.54. The summed E-state index contributed by atoms with van der Waals surface area (Å²) in [6, 6.07) is 7.02. The predicted molar refractivity (Wildman–Crippen MR) is 112 cm³/mol. The van der Waals surface area contributed by atoms with E-state index in [0.29, 0.717) is 36.9 Å². The molecule has 1 amide bonds. The molecule has 0 fully saturated rings. The molecule has 3 aromatic rings. The van der Waals surface area contributed by atoms with Gasteiger partial charge in [-0.3, -0.25) is 9.48 Å². The Kier molecular flexibility index (Phi) is 7.20. The van der Waals surface area contributed by atoms with E-state index in [1.54, 1.807) is 17.1 Å². The van der Waals surface area contributed by atoms with E-state index in [2.05, 4.69) is 15.5 Å². The van der Waals surface area contributed by atoms with Crippen molar-refractivity contribution in [1.29, 1.82) is 0 Å². The topological polar surface area (TPSA) is 126 Å². The van der Waals surface area contributed by atoms with Gasteiger partial charge in [-0.2, -0.15) is 9.78 Å². The average molecular weight is 428 g/mol. The van der Waals surface area contributed by atoms with Gasteiger partial charge in [0.2, 0.25) is 5.91 Å². The van der Waals surface area contributed by atoms with Gasteiger partial charge in [-0.15, -0.1) is 0 Å². The summed E-state index contributed by atoms with van der Waals surface area (Å²) in [6.07, 6.45) is 4.89. The Labute approximate surface area is 178 Å². The summed E-state index contributed by atoms with van der Waals surface area (Å²) < 4.78 is 14.3. The number of amides is 1. The normalized spacial score (nSPS) is 10.6. The van der Waals surface area contributed by atoms with Crippen molar-refractivity contribution >= 4 is 17.4 Å². The third-order valence-corrected chi connectivity index (χ3v) is 4.25. The van der Waals surface area contributed by atoms with Crippen molar-refractivity contribution in [3.05, 3.63) is 58.5 Å². The highest BCUT2D eigenvalue weighted by Crippen LogP contribution is 2.29. The first-order chi connectivity index (χ1) is 15.0. The molecule has 0 bridgehead atoms. The molecule has 0 aliphatic heterocycles. The number of nitrogens with zero attached hydrogens (tertiary/aromatic N) is 5. The minimum Gasteiger partial charge on any atom is -0.490 e. The number of aromatic nitrogens is 4. The molecule has 0 atom stereocenters. The van der Waals surface area contributed by atoms with Crippen LogP contribution >= 0.6 is 0 Å². The highest BCUT2D eigenvalue weighted by molar-refractivity contribution is 5.90. The number of anilines is 1. The van der Waals surface area contributed by atoms with Gasteiger partial charge in [-0.05, 0) is 36.5 Å². The van der Waals surface area contributed by atoms with Crippen molar-refractivity contribution in [2.75, 3.05) is 18.5 Å². The number of ether oxygens (including phenoxy) is 2. The Bertz CT molecular complexity index is 1040. The van der Waals surface area contributed by atoms with E-state index in [4.69, 9.17) is 9.47 Å². The van der Waals surface area contributed by atoms with E-state index in [0.717, 1.165) is 5.56 Å². The maximum absolute atomic E-state index is 12.2. The molecule has 0 unspecified atom stereocenters. The van der Waals surface area contributed by atoms with Crippen molar-refractivity contribution in [1.82, 2.24) is 19.6 Å². The first kappa shape index (κ1) is 21.8. The van der Waals surface area contributed by atoms with Crippen molar-refractivity contribution in [2.45, 2.75) is 33.4 Å². The number of carbonyl (C=O) groups excluding carboxylic acids is 1. The third-order valence-electron chi connectivity index (χ3n) is 4.25. The predicted octanol–water partition coefficient (Wildman–Crippen LogP) is 2.86. The van der Waals surface area contributed by atoms with Gasteiger partial charge in [-0.25, -0.2) is 0 Å². The van der Waals surface area contributed by atoms with E-state index in [1.165, 1.54) is 16.9 Å². The molecule has 11 heteroatoms. The Morgan fingerprint density at radius 2 is 1.94 bits per heavy atom. The molecule has 0 radical (unpaired) electrons. The fourth-order valence-electron chi connectivity index (χ4n) is 2.91. The van der Waals surface area contributed by atoms with Crippen LogP contribution in [0.3, 0.4) is 0 Å². The fraction of sp³-hybridized carbons (Fsp3) is 0.350. The summed E-state index contributed by atoms with van der Waals surface area (Å²) in [4.78, 5) is 22.2. The van der Waals surface area contributed by atoms with E-state index in [1.807, 2.05) is 32.0 Å². The smallest absolute Gasteiger partial charge is 0.389 e. The first-order valence-corrected chi connectivity index (χ1v) is 9.87. The van der Waals surface area contributed by atoms with Gasteiger partial charge in [0, 0.05) is 12.6 Å². The number of hydrogen-bond donors (Lipinski definition) is 1. The maximum Gasteiger partial charge on any atom is 0.389 e. The molecule has 0 spiro atoms. The van der Waals surface area contributed by atoms with E-state index >= 15 is 0 Å². The van der Waals surface area contributed by atoms with Crippen LogP contribution in [0.4, 0.5) is 11.5 Å². The lowest BCUT2D eigenvalue weighted by Gasteiger charge is -2.12. The standard InChI is InChI=1S/C20H24N6O5/c1-3-30-17-6-5-15(11-18(17)31-4-2)13-25-14-16(12-21-25)22-20(27)8-10-24-9-7-19(23-24)26(28)29/h5-7,9,11-12,14H,3-4,8,10,13H2,1-2H3,(H,22,27). The number of rotatable bonds is 11.